The van der Waals surface area contributed by atoms with Crippen molar-refractivity contribution < 1.29 is 27.8 Å². The number of carboxylic acid groups (broad SMARTS) is 1. The van der Waals surface area contributed by atoms with Gasteiger partial charge in [-0.3, -0.25) is 14.8 Å². The van der Waals surface area contributed by atoms with Crippen LogP contribution >= 0.6 is 11.8 Å². The Hall–Kier alpha value is -4.31. The summed E-state index contributed by atoms with van der Waals surface area (Å²) in [5.41, 5.74) is 3.85. The molecule has 0 aliphatic rings. The summed E-state index contributed by atoms with van der Waals surface area (Å²) < 4.78 is 45.1. The number of carboxylic acids is 1. The number of aromatic amines is 1. The molecular weight excluding hydrogens is 648 g/mol. The predicted octanol–water partition coefficient (Wildman–Crippen LogP) is 10.6. The lowest BCUT2D eigenvalue weighted by Crippen LogP contribution is -2.38. The molecule has 3 heterocycles. The number of aromatic nitrogens is 3. The van der Waals surface area contributed by atoms with Gasteiger partial charge >= 0.3 is 12.1 Å². The Bertz CT molecular complexity index is 1890. The Morgan fingerprint density at radius 2 is 1.61 bits per heavy atom. The lowest BCUT2D eigenvalue weighted by molar-refractivity contribution is -0.151. The fourth-order valence-electron chi connectivity index (χ4n) is 6.23. The third kappa shape index (κ3) is 8.12. The van der Waals surface area contributed by atoms with Gasteiger partial charge in [-0.1, -0.05) is 71.0 Å². The molecule has 0 aliphatic carbocycles. The third-order valence-corrected chi connectivity index (χ3v) is 10.3. The monoisotopic (exact) mass is 689 g/mol. The zero-order valence-electron chi connectivity index (χ0n) is 28.6. The van der Waals surface area contributed by atoms with E-state index in [0.29, 0.717) is 37.2 Å². The molecule has 1 unspecified atom stereocenters. The molecule has 1 atom stereocenters. The maximum absolute atomic E-state index is 13.2. The van der Waals surface area contributed by atoms with Crippen LogP contribution in [0.5, 0.6) is 5.75 Å². The molecule has 0 saturated carbocycles. The number of ether oxygens (including phenoxy) is 1. The Balaban J connectivity index is 1.55. The number of nitrogens with one attached hydrogen (secondary N) is 1. The summed E-state index contributed by atoms with van der Waals surface area (Å²) in [6.07, 6.45) is -0.190. The van der Waals surface area contributed by atoms with E-state index in [1.54, 1.807) is 11.8 Å². The summed E-state index contributed by atoms with van der Waals surface area (Å²) in [6.45, 7) is 12.6. The Labute approximate surface area is 289 Å². The van der Waals surface area contributed by atoms with E-state index in [9.17, 15) is 23.1 Å². The summed E-state index contributed by atoms with van der Waals surface area (Å²) in [7, 11) is 0. The average Bonchev–Trinajstić information content (AvgIpc) is 3.40. The van der Waals surface area contributed by atoms with Crippen molar-refractivity contribution in [2.75, 3.05) is 0 Å². The first-order valence-corrected chi connectivity index (χ1v) is 17.2. The van der Waals surface area contributed by atoms with Crippen molar-refractivity contribution in [1.82, 2.24) is 15.0 Å². The van der Waals surface area contributed by atoms with Gasteiger partial charge < -0.3 is 14.8 Å². The van der Waals surface area contributed by atoms with Crippen LogP contribution < -0.4 is 4.74 Å². The number of carbonyl (C=O) groups is 1. The lowest BCUT2D eigenvalue weighted by atomic mass is 9.67. The molecule has 0 fully saturated rings. The van der Waals surface area contributed by atoms with Crippen LogP contribution in [0.1, 0.15) is 81.6 Å². The molecule has 5 rings (SSSR count). The molecule has 0 radical (unpaired) electrons. The van der Waals surface area contributed by atoms with Gasteiger partial charge in [0, 0.05) is 50.1 Å². The number of hydrogen-bond acceptors (Lipinski definition) is 5. The number of benzene rings is 2. The molecule has 49 heavy (non-hydrogen) atoms. The second kappa shape index (κ2) is 14.3. The number of H-pyrrole nitrogens is 1. The van der Waals surface area contributed by atoms with Crippen LogP contribution in [0.4, 0.5) is 13.2 Å². The zero-order chi connectivity index (χ0) is 35.6. The highest BCUT2D eigenvalue weighted by atomic mass is 32.2. The molecule has 3 aromatic heterocycles. The molecule has 0 spiro atoms. The highest BCUT2D eigenvalue weighted by Gasteiger charge is 2.45. The molecule has 258 valence electrons. The molecule has 10 heteroatoms. The van der Waals surface area contributed by atoms with Crippen molar-refractivity contribution in [1.29, 1.82) is 0 Å². The zero-order valence-corrected chi connectivity index (χ0v) is 29.4. The number of fused-ring (bicyclic) bond motifs is 1. The minimum absolute atomic E-state index is 0.182. The highest BCUT2D eigenvalue weighted by molar-refractivity contribution is 8.00. The first-order valence-electron chi connectivity index (χ1n) is 16.4. The number of pyridine rings is 2. The molecule has 0 amide bonds. The van der Waals surface area contributed by atoms with E-state index < -0.39 is 29.2 Å². The number of nitrogens with zero attached hydrogens (tertiary/aromatic N) is 2. The van der Waals surface area contributed by atoms with Gasteiger partial charge in [0.15, 0.2) is 0 Å². The van der Waals surface area contributed by atoms with Crippen molar-refractivity contribution in [3.8, 4) is 16.9 Å². The normalized spacial score (nSPS) is 13.1. The number of hydrogen-bond donors (Lipinski definition) is 2. The van der Waals surface area contributed by atoms with E-state index in [1.807, 2.05) is 81.6 Å². The summed E-state index contributed by atoms with van der Waals surface area (Å²) in [5.74, 6) is -0.580. The van der Waals surface area contributed by atoms with Gasteiger partial charge in [-0.05, 0) is 73.2 Å². The Morgan fingerprint density at radius 3 is 2.16 bits per heavy atom. The van der Waals surface area contributed by atoms with Gasteiger partial charge in [0.2, 0.25) is 0 Å². The van der Waals surface area contributed by atoms with E-state index in [0.717, 1.165) is 49.9 Å². The van der Waals surface area contributed by atoms with Crippen LogP contribution in [0.25, 0.3) is 22.0 Å². The maximum atomic E-state index is 13.2. The number of aliphatic carboxylic acids is 1. The molecule has 0 bridgehead atoms. The van der Waals surface area contributed by atoms with Gasteiger partial charge in [-0.15, -0.1) is 11.8 Å². The predicted molar refractivity (Wildman–Crippen MR) is 189 cm³/mol. The minimum atomic E-state index is -4.51. The number of rotatable bonds is 12. The molecule has 2 N–H and O–H groups in total. The van der Waals surface area contributed by atoms with Crippen LogP contribution in [0, 0.1) is 12.3 Å². The van der Waals surface area contributed by atoms with Crippen molar-refractivity contribution >= 4 is 28.6 Å². The van der Waals surface area contributed by atoms with Crippen LogP contribution in [0.3, 0.4) is 0 Å². The van der Waals surface area contributed by atoms with E-state index in [4.69, 9.17) is 4.74 Å². The first-order chi connectivity index (χ1) is 23.1. The molecule has 5 aromatic rings. The summed E-state index contributed by atoms with van der Waals surface area (Å²) in [5, 5.41) is 11.8. The van der Waals surface area contributed by atoms with E-state index in [2.05, 4.69) is 35.7 Å². The van der Waals surface area contributed by atoms with Crippen LogP contribution in [-0.4, -0.2) is 30.8 Å². The number of alkyl halides is 3. The van der Waals surface area contributed by atoms with Crippen LogP contribution in [0.15, 0.2) is 84.0 Å². The fourth-order valence-corrected chi connectivity index (χ4v) is 7.42. The lowest BCUT2D eigenvalue weighted by Gasteiger charge is -2.36. The van der Waals surface area contributed by atoms with Crippen LogP contribution in [0.2, 0.25) is 0 Å². The van der Waals surface area contributed by atoms with Crippen molar-refractivity contribution in [2.45, 2.75) is 89.1 Å². The van der Waals surface area contributed by atoms with E-state index in [1.165, 1.54) is 12.3 Å². The topological polar surface area (TPSA) is 88.1 Å². The molecule has 6 nitrogen and oxygen atoms in total. The minimum Gasteiger partial charge on any atom is -0.487 e. The summed E-state index contributed by atoms with van der Waals surface area (Å²) >= 11 is 1.70. The first kappa shape index (κ1) is 36.0. The Kier molecular flexibility index (Phi) is 10.5. The number of halogens is 3. The van der Waals surface area contributed by atoms with Gasteiger partial charge in [0.25, 0.3) is 0 Å². The van der Waals surface area contributed by atoms with Crippen molar-refractivity contribution in [2.24, 2.45) is 5.41 Å². The van der Waals surface area contributed by atoms with Gasteiger partial charge in [0.05, 0.1) is 11.1 Å². The second-order valence-corrected chi connectivity index (χ2v) is 15.3. The fraction of sp³-hybridized carbons (Fsp3) is 0.359. The standard InChI is InChI=1S/C39H42F3N3O3S/c1-7-38(8-2,36(46)47)31(19-25-10-12-26(13-11-25)27-14-18-33(44-22-27)39(40,41)42)34-35(49-37(4,5)6)30-20-29(16-17-32(30)45-34)48-23-28-15-9-24(3)21-43-28/h9-18,20-22,31,45H,7-8,19,23H2,1-6H3,(H,46,47). The maximum Gasteiger partial charge on any atom is 0.433 e. The van der Waals surface area contributed by atoms with Gasteiger partial charge in [-0.25, -0.2) is 0 Å². The largest absolute Gasteiger partial charge is 0.487 e. The Morgan fingerprint density at radius 1 is 0.918 bits per heavy atom. The van der Waals surface area contributed by atoms with Gasteiger partial charge in [-0.2, -0.15) is 13.2 Å². The molecular formula is C39H42F3N3O3S. The highest BCUT2D eigenvalue weighted by Crippen LogP contribution is 2.50. The molecule has 0 saturated heterocycles. The summed E-state index contributed by atoms with van der Waals surface area (Å²) in [4.78, 5) is 25.9. The number of thioether (sulfide) groups is 1. The van der Waals surface area contributed by atoms with E-state index in [-0.39, 0.29) is 4.75 Å². The van der Waals surface area contributed by atoms with Crippen molar-refractivity contribution in [3.05, 3.63) is 107 Å². The smallest absolute Gasteiger partial charge is 0.433 e. The number of aryl methyl sites for hydroxylation is 1. The van der Waals surface area contributed by atoms with E-state index >= 15 is 0 Å². The molecule has 0 aliphatic heterocycles. The second-order valence-electron chi connectivity index (χ2n) is 13.5. The van der Waals surface area contributed by atoms with Gasteiger partial charge in [0.1, 0.15) is 18.1 Å². The third-order valence-electron chi connectivity index (χ3n) is 9.00. The van der Waals surface area contributed by atoms with Crippen LogP contribution in [-0.2, 0) is 24.0 Å². The molecule has 2 aromatic carbocycles. The summed E-state index contributed by atoms with van der Waals surface area (Å²) in [6, 6.07) is 19.8. The SMILES string of the molecule is CCC(CC)(C(=O)O)C(Cc1ccc(-c2ccc(C(F)(F)F)nc2)cc1)c1[nH]c2ccc(OCc3ccc(C)cn3)cc2c1SC(C)(C)C. The van der Waals surface area contributed by atoms with Crippen molar-refractivity contribution in [3.63, 3.8) is 0 Å². The average molecular weight is 690 g/mol. The quantitative estimate of drug-likeness (QED) is 0.127.